The summed E-state index contributed by atoms with van der Waals surface area (Å²) in [7, 11) is 0. The van der Waals surface area contributed by atoms with E-state index in [0.29, 0.717) is 12.8 Å². The van der Waals surface area contributed by atoms with E-state index in [1.54, 1.807) is 0 Å². The standard InChI is InChI=1S/C18H20Br2O2/c19-11-9-17(21)15-5-1-13(2-6-15)14-3-7-16(8-4-14)18(22)10-12-20/h1-8,17-18,21-22H,9-12H2. The molecule has 2 N–H and O–H groups in total. The third kappa shape index (κ3) is 4.66. The lowest BCUT2D eigenvalue weighted by Crippen LogP contribution is -1.98. The van der Waals surface area contributed by atoms with Crippen LogP contribution in [0.25, 0.3) is 11.1 Å². The number of benzene rings is 2. The molecule has 0 fully saturated rings. The number of alkyl halides is 2. The molecule has 0 aromatic heterocycles. The summed E-state index contributed by atoms with van der Waals surface area (Å²) in [5, 5.41) is 21.5. The third-order valence-electron chi connectivity index (χ3n) is 3.69. The Morgan fingerprint density at radius 3 is 1.23 bits per heavy atom. The minimum atomic E-state index is -0.421. The second-order valence-electron chi connectivity index (χ2n) is 5.23. The Morgan fingerprint density at radius 1 is 0.636 bits per heavy atom. The Morgan fingerprint density at radius 2 is 0.955 bits per heavy atom. The van der Waals surface area contributed by atoms with Crippen LogP contribution in [0.3, 0.4) is 0 Å². The van der Waals surface area contributed by atoms with Crippen LogP contribution in [0.1, 0.15) is 36.2 Å². The van der Waals surface area contributed by atoms with Crippen LogP contribution < -0.4 is 0 Å². The van der Waals surface area contributed by atoms with Crippen molar-refractivity contribution in [1.82, 2.24) is 0 Å². The minimum Gasteiger partial charge on any atom is -0.388 e. The van der Waals surface area contributed by atoms with E-state index in [4.69, 9.17) is 0 Å². The third-order valence-corrected chi connectivity index (χ3v) is 4.61. The Bertz CT molecular complexity index is 513. The van der Waals surface area contributed by atoms with Crippen molar-refractivity contribution in [3.63, 3.8) is 0 Å². The van der Waals surface area contributed by atoms with Gasteiger partial charge in [0, 0.05) is 10.7 Å². The highest BCUT2D eigenvalue weighted by atomic mass is 79.9. The van der Waals surface area contributed by atoms with Crippen molar-refractivity contribution >= 4 is 31.9 Å². The summed E-state index contributed by atoms with van der Waals surface area (Å²) in [4.78, 5) is 0. The second kappa shape index (κ2) is 8.82. The lowest BCUT2D eigenvalue weighted by atomic mass is 9.99. The molecule has 0 saturated heterocycles. The number of rotatable bonds is 7. The van der Waals surface area contributed by atoms with Crippen molar-refractivity contribution in [3.05, 3.63) is 59.7 Å². The summed E-state index contributed by atoms with van der Waals surface area (Å²) >= 11 is 6.69. The van der Waals surface area contributed by atoms with Gasteiger partial charge >= 0.3 is 0 Å². The Hall–Kier alpha value is -0.680. The van der Waals surface area contributed by atoms with Crippen molar-refractivity contribution in [1.29, 1.82) is 0 Å². The van der Waals surface area contributed by atoms with Crippen molar-refractivity contribution in [2.45, 2.75) is 25.0 Å². The zero-order valence-electron chi connectivity index (χ0n) is 12.3. The molecule has 0 heterocycles. The first kappa shape index (κ1) is 17.7. The maximum absolute atomic E-state index is 9.97. The molecule has 0 spiro atoms. The molecule has 22 heavy (non-hydrogen) atoms. The molecule has 0 radical (unpaired) electrons. The smallest absolute Gasteiger partial charge is 0.0798 e. The van der Waals surface area contributed by atoms with Crippen LogP contribution in [-0.4, -0.2) is 20.9 Å². The van der Waals surface area contributed by atoms with Crippen molar-refractivity contribution in [2.24, 2.45) is 0 Å². The molecule has 2 aromatic carbocycles. The first-order chi connectivity index (χ1) is 10.7. The molecule has 0 saturated carbocycles. The molecule has 4 heteroatoms. The summed E-state index contributed by atoms with van der Waals surface area (Å²) in [5.41, 5.74) is 4.09. The van der Waals surface area contributed by atoms with Gasteiger partial charge in [-0.3, -0.25) is 0 Å². The van der Waals surface area contributed by atoms with E-state index in [1.807, 2.05) is 48.5 Å². The molecule has 0 aliphatic rings. The molecule has 0 bridgehead atoms. The van der Waals surface area contributed by atoms with Crippen LogP contribution in [0, 0.1) is 0 Å². The maximum atomic E-state index is 9.97. The first-order valence-electron chi connectivity index (χ1n) is 7.34. The molecule has 2 aromatic rings. The van der Waals surface area contributed by atoms with E-state index < -0.39 is 12.2 Å². The predicted octanol–water partition coefficient (Wildman–Crippen LogP) is 4.99. The van der Waals surface area contributed by atoms with E-state index in [1.165, 1.54) is 0 Å². The van der Waals surface area contributed by atoms with Gasteiger partial charge in [-0.2, -0.15) is 0 Å². The SMILES string of the molecule is OC(CCBr)c1ccc(-c2ccc(C(O)CCBr)cc2)cc1. The van der Waals surface area contributed by atoms with Crippen LogP contribution in [0.2, 0.25) is 0 Å². The molecule has 2 rings (SSSR count). The van der Waals surface area contributed by atoms with Crippen LogP contribution in [0.4, 0.5) is 0 Å². The quantitative estimate of drug-likeness (QED) is 0.611. The highest BCUT2D eigenvalue weighted by Crippen LogP contribution is 2.26. The van der Waals surface area contributed by atoms with E-state index in [-0.39, 0.29) is 0 Å². The van der Waals surface area contributed by atoms with Gasteiger partial charge in [0.2, 0.25) is 0 Å². The zero-order chi connectivity index (χ0) is 15.9. The largest absolute Gasteiger partial charge is 0.388 e. The Labute approximate surface area is 148 Å². The van der Waals surface area contributed by atoms with Gasteiger partial charge in [0.1, 0.15) is 0 Å². The van der Waals surface area contributed by atoms with Crippen LogP contribution >= 0.6 is 31.9 Å². The van der Waals surface area contributed by atoms with Gasteiger partial charge in [0.15, 0.2) is 0 Å². The number of hydrogen-bond donors (Lipinski definition) is 2. The summed E-state index contributed by atoms with van der Waals surface area (Å²) in [6.07, 6.45) is 0.573. The highest BCUT2D eigenvalue weighted by Gasteiger charge is 2.08. The highest BCUT2D eigenvalue weighted by molar-refractivity contribution is 9.09. The summed E-state index contributed by atoms with van der Waals surface area (Å²) < 4.78 is 0. The van der Waals surface area contributed by atoms with Gasteiger partial charge in [-0.15, -0.1) is 0 Å². The number of aliphatic hydroxyl groups excluding tert-OH is 2. The molecule has 2 unspecified atom stereocenters. The Kier molecular flexibility index (Phi) is 7.09. The van der Waals surface area contributed by atoms with Crippen molar-refractivity contribution in [3.8, 4) is 11.1 Å². The molecule has 0 aliphatic heterocycles. The lowest BCUT2D eigenvalue weighted by molar-refractivity contribution is 0.175. The molecular weight excluding hydrogens is 408 g/mol. The van der Waals surface area contributed by atoms with Gasteiger partial charge in [-0.05, 0) is 35.1 Å². The van der Waals surface area contributed by atoms with Crippen LogP contribution in [0.5, 0.6) is 0 Å². The molecule has 2 nitrogen and oxygen atoms in total. The van der Waals surface area contributed by atoms with E-state index >= 15 is 0 Å². The Balaban J connectivity index is 2.11. The second-order valence-corrected chi connectivity index (χ2v) is 6.82. The minimum absolute atomic E-state index is 0.421. The van der Waals surface area contributed by atoms with Gasteiger partial charge in [0.05, 0.1) is 12.2 Å². The number of halogens is 2. The number of aliphatic hydroxyl groups is 2. The lowest BCUT2D eigenvalue weighted by Gasteiger charge is -2.12. The summed E-state index contributed by atoms with van der Waals surface area (Å²) in [6.45, 7) is 0. The van der Waals surface area contributed by atoms with Crippen LogP contribution in [-0.2, 0) is 0 Å². The predicted molar refractivity (Wildman–Crippen MR) is 98.6 cm³/mol. The van der Waals surface area contributed by atoms with E-state index in [2.05, 4.69) is 31.9 Å². The van der Waals surface area contributed by atoms with Gasteiger partial charge < -0.3 is 10.2 Å². The first-order valence-corrected chi connectivity index (χ1v) is 9.58. The fourth-order valence-corrected chi connectivity index (χ4v) is 3.20. The number of hydrogen-bond acceptors (Lipinski definition) is 2. The summed E-state index contributed by atoms with van der Waals surface area (Å²) in [5.74, 6) is 0. The summed E-state index contributed by atoms with van der Waals surface area (Å²) in [6, 6.07) is 16.0. The molecular formula is C18H20Br2O2. The molecule has 118 valence electrons. The fourth-order valence-electron chi connectivity index (χ4n) is 2.34. The maximum Gasteiger partial charge on any atom is 0.0798 e. The van der Waals surface area contributed by atoms with Gasteiger partial charge in [-0.25, -0.2) is 0 Å². The molecule has 2 atom stereocenters. The van der Waals surface area contributed by atoms with Crippen molar-refractivity contribution in [2.75, 3.05) is 10.7 Å². The molecule has 0 aliphatic carbocycles. The fraction of sp³-hybridized carbons (Fsp3) is 0.333. The van der Waals surface area contributed by atoms with Crippen molar-refractivity contribution < 1.29 is 10.2 Å². The normalized spacial score (nSPS) is 13.8. The average Bonchev–Trinajstić information content (AvgIpc) is 2.55. The average molecular weight is 428 g/mol. The van der Waals surface area contributed by atoms with Gasteiger partial charge in [0.25, 0.3) is 0 Å². The topological polar surface area (TPSA) is 40.5 Å². The van der Waals surface area contributed by atoms with Gasteiger partial charge in [-0.1, -0.05) is 80.4 Å². The zero-order valence-corrected chi connectivity index (χ0v) is 15.4. The molecule has 0 amide bonds. The van der Waals surface area contributed by atoms with E-state index in [9.17, 15) is 10.2 Å². The monoisotopic (exact) mass is 426 g/mol. The van der Waals surface area contributed by atoms with Crippen LogP contribution in [0.15, 0.2) is 48.5 Å². The van der Waals surface area contributed by atoms with E-state index in [0.717, 1.165) is 32.9 Å².